The van der Waals surface area contributed by atoms with Gasteiger partial charge in [-0.2, -0.15) is 0 Å². The maximum Gasteiger partial charge on any atom is 0.261 e. The van der Waals surface area contributed by atoms with Crippen LogP contribution in [-0.4, -0.2) is 26.5 Å². The minimum absolute atomic E-state index is 0.0637. The zero-order chi connectivity index (χ0) is 18.4. The van der Waals surface area contributed by atoms with Crippen molar-refractivity contribution in [2.45, 2.75) is 63.8 Å². The maximum atomic E-state index is 7.34. The van der Waals surface area contributed by atoms with Crippen molar-refractivity contribution in [3.8, 4) is 0 Å². The van der Waals surface area contributed by atoms with E-state index in [0.29, 0.717) is 24.1 Å². The molecule has 0 amide bonds. The zero-order valence-corrected chi connectivity index (χ0v) is 17.4. The van der Waals surface area contributed by atoms with Crippen LogP contribution in [0.3, 0.4) is 0 Å². The molecule has 1 saturated heterocycles. The Morgan fingerprint density at radius 3 is 1.85 bits per heavy atom. The average molecular weight is 366 g/mol. The van der Waals surface area contributed by atoms with E-state index in [4.69, 9.17) is 4.43 Å². The Kier molecular flexibility index (Phi) is 4.58. The molecule has 2 nitrogen and oxygen atoms in total. The molecule has 2 aromatic carbocycles. The molecule has 0 spiro atoms. The Labute approximate surface area is 159 Å². The second-order valence-electron chi connectivity index (χ2n) is 9.11. The highest BCUT2D eigenvalue weighted by Gasteiger charge is 2.55. The van der Waals surface area contributed by atoms with Crippen LogP contribution < -0.4 is 15.7 Å². The van der Waals surface area contributed by atoms with Gasteiger partial charge < -0.3 is 9.74 Å². The number of hydrogen-bond acceptors (Lipinski definition) is 2. The second kappa shape index (κ2) is 6.63. The Morgan fingerprint density at radius 1 is 0.885 bits per heavy atom. The van der Waals surface area contributed by atoms with Crippen molar-refractivity contribution in [3.05, 3.63) is 60.7 Å². The predicted molar refractivity (Wildman–Crippen MR) is 112 cm³/mol. The molecule has 4 atom stereocenters. The fraction of sp³-hybridized carbons (Fsp3) is 0.478. The van der Waals surface area contributed by atoms with E-state index in [9.17, 15) is 0 Å². The molecule has 2 bridgehead atoms. The number of fused-ring (bicyclic) bond motifs is 2. The van der Waals surface area contributed by atoms with Gasteiger partial charge >= 0.3 is 0 Å². The number of hydrogen-bond donors (Lipinski definition) is 1. The van der Waals surface area contributed by atoms with Crippen LogP contribution >= 0.6 is 0 Å². The molecular weight excluding hydrogens is 334 g/mol. The van der Waals surface area contributed by atoms with Crippen molar-refractivity contribution in [1.82, 2.24) is 5.32 Å². The highest BCUT2D eigenvalue weighted by molar-refractivity contribution is 6.99. The normalized spacial score (nSPS) is 28.5. The summed E-state index contributed by atoms with van der Waals surface area (Å²) in [7, 11) is -2.41. The first-order chi connectivity index (χ1) is 12.4. The van der Waals surface area contributed by atoms with Gasteiger partial charge in [-0.1, -0.05) is 81.4 Å². The molecule has 4 rings (SSSR count). The number of rotatable bonds is 4. The van der Waals surface area contributed by atoms with Crippen molar-refractivity contribution in [2.75, 3.05) is 0 Å². The Hall–Kier alpha value is -1.42. The van der Waals surface area contributed by atoms with Gasteiger partial charge in [0, 0.05) is 18.0 Å². The fourth-order valence-corrected chi connectivity index (χ4v) is 9.98. The highest BCUT2D eigenvalue weighted by atomic mass is 28.4. The third kappa shape index (κ3) is 2.86. The first-order valence-corrected chi connectivity index (χ1v) is 11.9. The van der Waals surface area contributed by atoms with Gasteiger partial charge in [-0.3, -0.25) is 0 Å². The molecule has 3 heteroatoms. The van der Waals surface area contributed by atoms with Gasteiger partial charge in [-0.05, 0) is 35.2 Å². The van der Waals surface area contributed by atoms with Crippen LogP contribution in [0.15, 0.2) is 60.7 Å². The smallest absolute Gasteiger partial charge is 0.261 e. The summed E-state index contributed by atoms with van der Waals surface area (Å²) in [5.41, 5.74) is 0. The molecular formula is C23H31NOSi. The van der Waals surface area contributed by atoms with E-state index < -0.39 is 8.32 Å². The van der Waals surface area contributed by atoms with Gasteiger partial charge in [0.1, 0.15) is 0 Å². The standard InChI is InChI=1S/C23H31NOSi/c1-17-21-15-18(24-17)16-22(21)25-26(23(2,3)4,19-11-7-5-8-12-19)20-13-9-6-10-14-20/h5-14,17-18,21-22,24H,15-16H2,1-4H3/t17-,18+,21+,22-/m0/s1. The maximum absolute atomic E-state index is 7.34. The lowest BCUT2D eigenvalue weighted by Crippen LogP contribution is -2.68. The molecule has 2 fully saturated rings. The minimum atomic E-state index is -2.41. The van der Waals surface area contributed by atoms with Crippen LogP contribution in [0.1, 0.15) is 40.5 Å². The van der Waals surface area contributed by atoms with Gasteiger partial charge in [0.05, 0.1) is 6.10 Å². The topological polar surface area (TPSA) is 21.3 Å². The Bertz CT molecular complexity index is 700. The van der Waals surface area contributed by atoms with E-state index >= 15 is 0 Å². The first-order valence-electron chi connectivity index (χ1n) is 9.97. The highest BCUT2D eigenvalue weighted by Crippen LogP contribution is 2.43. The van der Waals surface area contributed by atoms with Crippen molar-refractivity contribution in [2.24, 2.45) is 5.92 Å². The second-order valence-corrected chi connectivity index (χ2v) is 13.4. The van der Waals surface area contributed by atoms with E-state index in [2.05, 4.69) is 93.7 Å². The largest absolute Gasteiger partial charge is 0.404 e. The number of nitrogens with one attached hydrogen (secondary N) is 1. The third-order valence-electron chi connectivity index (χ3n) is 6.44. The molecule has 26 heavy (non-hydrogen) atoms. The van der Waals surface area contributed by atoms with Crippen molar-refractivity contribution >= 4 is 18.7 Å². The van der Waals surface area contributed by atoms with Crippen LogP contribution in [0.2, 0.25) is 5.04 Å². The quantitative estimate of drug-likeness (QED) is 0.834. The molecule has 1 heterocycles. The SMILES string of the molecule is C[C@@H]1N[C@@H]2C[C@H]1[C@@H](O[Si](c1ccccc1)(c1ccccc1)C(C)(C)C)C2. The Balaban J connectivity index is 1.83. The fourth-order valence-electron chi connectivity index (χ4n) is 5.24. The van der Waals surface area contributed by atoms with Crippen molar-refractivity contribution in [1.29, 1.82) is 0 Å². The summed E-state index contributed by atoms with van der Waals surface area (Å²) in [4.78, 5) is 0. The van der Waals surface area contributed by atoms with E-state index in [1.54, 1.807) is 0 Å². The number of benzene rings is 2. The van der Waals surface area contributed by atoms with E-state index in [1.807, 2.05) is 0 Å². The van der Waals surface area contributed by atoms with Gasteiger partial charge in [-0.15, -0.1) is 0 Å². The monoisotopic (exact) mass is 365 g/mol. The van der Waals surface area contributed by atoms with E-state index in [0.717, 1.165) is 6.42 Å². The molecule has 0 unspecified atom stereocenters. The lowest BCUT2D eigenvalue weighted by Gasteiger charge is -2.46. The summed E-state index contributed by atoms with van der Waals surface area (Å²) in [6.45, 7) is 9.43. The molecule has 1 saturated carbocycles. The minimum Gasteiger partial charge on any atom is -0.404 e. The third-order valence-corrected chi connectivity index (χ3v) is 11.5. The molecule has 2 aromatic rings. The van der Waals surface area contributed by atoms with Crippen LogP contribution in [0, 0.1) is 5.92 Å². The summed E-state index contributed by atoms with van der Waals surface area (Å²) < 4.78 is 7.34. The summed E-state index contributed by atoms with van der Waals surface area (Å²) in [5, 5.41) is 6.57. The van der Waals surface area contributed by atoms with Crippen LogP contribution in [0.25, 0.3) is 0 Å². The van der Waals surface area contributed by atoms with Gasteiger partial charge in [-0.25, -0.2) is 0 Å². The van der Waals surface area contributed by atoms with Gasteiger partial charge in [0.15, 0.2) is 0 Å². The zero-order valence-electron chi connectivity index (χ0n) is 16.4. The number of piperidine rings is 1. The Morgan fingerprint density at radius 2 is 1.42 bits per heavy atom. The molecule has 2 aliphatic rings. The lowest BCUT2D eigenvalue weighted by molar-refractivity contribution is 0.115. The molecule has 1 aliphatic carbocycles. The summed E-state index contributed by atoms with van der Waals surface area (Å²) >= 11 is 0. The molecule has 1 aliphatic heterocycles. The van der Waals surface area contributed by atoms with Crippen molar-refractivity contribution in [3.63, 3.8) is 0 Å². The van der Waals surface area contributed by atoms with Crippen LogP contribution in [0.4, 0.5) is 0 Å². The van der Waals surface area contributed by atoms with E-state index in [1.165, 1.54) is 16.8 Å². The molecule has 1 N–H and O–H groups in total. The van der Waals surface area contributed by atoms with Crippen LogP contribution in [-0.2, 0) is 4.43 Å². The molecule has 0 radical (unpaired) electrons. The molecule has 138 valence electrons. The van der Waals surface area contributed by atoms with Gasteiger partial charge in [0.25, 0.3) is 8.32 Å². The summed E-state index contributed by atoms with van der Waals surface area (Å²) in [6, 6.07) is 23.3. The van der Waals surface area contributed by atoms with Gasteiger partial charge in [0.2, 0.25) is 0 Å². The molecule has 0 aromatic heterocycles. The van der Waals surface area contributed by atoms with Crippen LogP contribution in [0.5, 0.6) is 0 Å². The summed E-state index contributed by atoms with van der Waals surface area (Å²) in [5.74, 6) is 0.640. The van der Waals surface area contributed by atoms with E-state index in [-0.39, 0.29) is 5.04 Å². The predicted octanol–water partition coefficient (Wildman–Crippen LogP) is 3.70. The first kappa shape index (κ1) is 18.0. The lowest BCUT2D eigenvalue weighted by atomic mass is 9.99. The summed E-state index contributed by atoms with van der Waals surface area (Å²) in [6.07, 6.45) is 2.78. The van der Waals surface area contributed by atoms with Crippen molar-refractivity contribution < 1.29 is 4.43 Å². The average Bonchev–Trinajstić information content (AvgIpc) is 3.19.